The van der Waals surface area contributed by atoms with Crippen molar-refractivity contribution in [3.8, 4) is 6.07 Å². The molecule has 0 spiro atoms. The van der Waals surface area contributed by atoms with Gasteiger partial charge in [0.15, 0.2) is 23.3 Å². The van der Waals surface area contributed by atoms with E-state index in [0.29, 0.717) is 10.6 Å². The number of hydrogen-bond donors (Lipinski definition) is 1. The molecule has 0 radical (unpaired) electrons. The van der Waals surface area contributed by atoms with Crippen molar-refractivity contribution >= 4 is 23.4 Å². The zero-order chi connectivity index (χ0) is 21.1. The molecule has 1 aromatic heterocycles. The molecule has 9 heteroatoms. The van der Waals surface area contributed by atoms with Crippen molar-refractivity contribution in [1.82, 2.24) is 4.98 Å². The van der Waals surface area contributed by atoms with Crippen molar-refractivity contribution in [3.05, 3.63) is 52.2 Å². The van der Waals surface area contributed by atoms with Crippen LogP contribution in [0.15, 0.2) is 17.2 Å². The van der Waals surface area contributed by atoms with Crippen LogP contribution in [0.3, 0.4) is 0 Å². The molecule has 1 aromatic carbocycles. The first kappa shape index (κ1) is 21.1. The molecule has 3 rings (SSSR count). The van der Waals surface area contributed by atoms with Gasteiger partial charge in [-0.3, -0.25) is 4.79 Å². The number of carbonyl (C=O) groups excluding carboxylic acids is 1. The number of nitriles is 1. The van der Waals surface area contributed by atoms with Gasteiger partial charge in [0.25, 0.3) is 0 Å². The average Bonchev–Trinajstić information content (AvgIpc) is 2.72. The highest BCUT2D eigenvalue weighted by atomic mass is 32.2. The summed E-state index contributed by atoms with van der Waals surface area (Å²) in [5.41, 5.74) is 1.02. The van der Waals surface area contributed by atoms with Crippen molar-refractivity contribution in [2.45, 2.75) is 49.3 Å². The quantitative estimate of drug-likeness (QED) is 0.422. The van der Waals surface area contributed by atoms with Crippen molar-refractivity contribution < 1.29 is 22.4 Å². The first-order valence-corrected chi connectivity index (χ1v) is 9.97. The predicted octanol–water partition coefficient (Wildman–Crippen LogP) is 4.90. The van der Waals surface area contributed by atoms with Gasteiger partial charge in [-0.15, -0.1) is 0 Å². The van der Waals surface area contributed by atoms with Gasteiger partial charge in [-0.2, -0.15) is 5.26 Å². The van der Waals surface area contributed by atoms with Crippen molar-refractivity contribution in [1.29, 1.82) is 5.26 Å². The van der Waals surface area contributed by atoms with Crippen LogP contribution in [0.2, 0.25) is 0 Å². The highest BCUT2D eigenvalue weighted by Crippen LogP contribution is 2.32. The summed E-state index contributed by atoms with van der Waals surface area (Å²) in [6, 6.07) is 3.89. The Hall–Kier alpha value is -2.60. The minimum atomic E-state index is -1.68. The minimum Gasteiger partial charge on any atom is -0.320 e. The molecule has 2 aromatic rings. The summed E-state index contributed by atoms with van der Waals surface area (Å²) in [7, 11) is 0. The van der Waals surface area contributed by atoms with E-state index in [0.717, 1.165) is 48.7 Å². The molecule has 1 amide bonds. The Morgan fingerprint density at radius 1 is 1.21 bits per heavy atom. The number of nitrogens with one attached hydrogen (secondary N) is 1. The summed E-state index contributed by atoms with van der Waals surface area (Å²) in [5.74, 6) is -7.42. The van der Waals surface area contributed by atoms with Gasteiger partial charge in [0.1, 0.15) is 16.8 Å². The maximum absolute atomic E-state index is 13.8. The third kappa shape index (κ3) is 4.37. The zero-order valence-electron chi connectivity index (χ0n) is 15.5. The van der Waals surface area contributed by atoms with Crippen LogP contribution in [0.5, 0.6) is 0 Å². The summed E-state index contributed by atoms with van der Waals surface area (Å²) in [4.78, 5) is 17.1. The van der Waals surface area contributed by atoms with Gasteiger partial charge in [-0.1, -0.05) is 18.7 Å². The number of aryl methyl sites for hydroxylation is 2. The normalized spacial score (nSPS) is 14.1. The smallest absolute Gasteiger partial charge is 0.238 e. The Balaban J connectivity index is 1.86. The summed E-state index contributed by atoms with van der Waals surface area (Å²) in [6.45, 7) is 1.67. The molecule has 1 unspecified atom stereocenters. The second-order valence-corrected chi connectivity index (χ2v) is 7.80. The first-order chi connectivity index (χ1) is 13.8. The van der Waals surface area contributed by atoms with E-state index in [-0.39, 0.29) is 12.5 Å². The number of amides is 1. The van der Waals surface area contributed by atoms with Crippen molar-refractivity contribution in [2.24, 2.45) is 0 Å². The third-order valence-electron chi connectivity index (χ3n) is 4.66. The highest BCUT2D eigenvalue weighted by molar-refractivity contribution is 8.00. The zero-order valence-corrected chi connectivity index (χ0v) is 16.3. The lowest BCUT2D eigenvalue weighted by Crippen LogP contribution is -2.26. The second-order valence-electron chi connectivity index (χ2n) is 6.61. The van der Waals surface area contributed by atoms with E-state index in [4.69, 9.17) is 0 Å². The van der Waals surface area contributed by atoms with Crippen LogP contribution in [0.4, 0.5) is 23.2 Å². The standard InChI is InChI=1S/C20H17F4N3OS/c1-2-15(19(28)27-18-16(23)12(21)8-13(22)17(18)24)29-20-11(9-25)7-10-5-3-4-6-14(10)26-20/h7-8,15H,2-6H2,1H3,(H,27,28). The molecule has 0 fully saturated rings. The summed E-state index contributed by atoms with van der Waals surface area (Å²) >= 11 is 0.982. The van der Waals surface area contributed by atoms with E-state index < -0.39 is 40.1 Å². The summed E-state index contributed by atoms with van der Waals surface area (Å²) < 4.78 is 54.4. The monoisotopic (exact) mass is 423 g/mol. The number of anilines is 1. The van der Waals surface area contributed by atoms with Crippen LogP contribution >= 0.6 is 11.8 Å². The maximum atomic E-state index is 13.8. The SMILES string of the molecule is CCC(Sc1nc2c(cc1C#N)CCCC2)C(=O)Nc1c(F)c(F)cc(F)c1F. The van der Waals surface area contributed by atoms with Crippen LogP contribution in [0, 0.1) is 34.6 Å². The van der Waals surface area contributed by atoms with E-state index >= 15 is 0 Å². The Labute approximate surface area is 169 Å². The third-order valence-corrected chi connectivity index (χ3v) is 6.03. The van der Waals surface area contributed by atoms with Crippen LogP contribution < -0.4 is 5.32 Å². The molecule has 1 heterocycles. The molecular weight excluding hydrogens is 406 g/mol. The molecule has 1 aliphatic carbocycles. The van der Waals surface area contributed by atoms with E-state index in [1.54, 1.807) is 13.0 Å². The van der Waals surface area contributed by atoms with E-state index in [2.05, 4.69) is 11.1 Å². The van der Waals surface area contributed by atoms with Gasteiger partial charge in [0, 0.05) is 11.8 Å². The molecule has 1 atom stereocenters. The van der Waals surface area contributed by atoms with Gasteiger partial charge in [-0.25, -0.2) is 22.5 Å². The number of fused-ring (bicyclic) bond motifs is 1. The lowest BCUT2D eigenvalue weighted by atomic mass is 9.95. The number of rotatable bonds is 5. The Morgan fingerprint density at radius 3 is 2.48 bits per heavy atom. The minimum absolute atomic E-state index is 0.0720. The fourth-order valence-corrected chi connectivity index (χ4v) is 4.12. The van der Waals surface area contributed by atoms with Gasteiger partial charge in [0.2, 0.25) is 5.91 Å². The number of nitrogens with zero attached hydrogens (tertiary/aromatic N) is 2. The molecule has 0 aliphatic heterocycles. The van der Waals surface area contributed by atoms with E-state index in [9.17, 15) is 27.6 Å². The number of pyridine rings is 1. The van der Waals surface area contributed by atoms with Crippen LogP contribution in [-0.4, -0.2) is 16.1 Å². The molecule has 1 N–H and O–H groups in total. The largest absolute Gasteiger partial charge is 0.320 e. The first-order valence-electron chi connectivity index (χ1n) is 9.09. The van der Waals surface area contributed by atoms with Gasteiger partial charge in [0.05, 0.1) is 10.8 Å². The second kappa shape index (κ2) is 8.82. The Bertz CT molecular complexity index is 980. The molecule has 0 saturated heterocycles. The van der Waals surface area contributed by atoms with Crippen LogP contribution in [0.25, 0.3) is 0 Å². The van der Waals surface area contributed by atoms with E-state index in [1.807, 2.05) is 5.32 Å². The fourth-order valence-electron chi connectivity index (χ4n) is 3.13. The molecular formula is C20H17F4N3OS. The fraction of sp³-hybridized carbons (Fsp3) is 0.350. The van der Waals surface area contributed by atoms with Crippen LogP contribution in [-0.2, 0) is 17.6 Å². The van der Waals surface area contributed by atoms with Gasteiger partial charge in [-0.05, 0) is 43.7 Å². The number of aromatic nitrogens is 1. The van der Waals surface area contributed by atoms with Gasteiger partial charge >= 0.3 is 0 Å². The Morgan fingerprint density at radius 2 is 1.86 bits per heavy atom. The molecule has 0 saturated carbocycles. The number of benzene rings is 1. The summed E-state index contributed by atoms with van der Waals surface area (Å²) in [5, 5.41) is 10.8. The lowest BCUT2D eigenvalue weighted by molar-refractivity contribution is -0.115. The predicted molar refractivity (Wildman–Crippen MR) is 100 cm³/mol. The topological polar surface area (TPSA) is 65.8 Å². The number of carbonyl (C=O) groups is 1. The summed E-state index contributed by atoms with van der Waals surface area (Å²) in [6.07, 6.45) is 3.85. The van der Waals surface area contributed by atoms with E-state index in [1.165, 1.54) is 0 Å². The molecule has 4 nitrogen and oxygen atoms in total. The molecule has 152 valence electrons. The Kier molecular flexibility index (Phi) is 6.42. The average molecular weight is 423 g/mol. The number of hydrogen-bond acceptors (Lipinski definition) is 4. The highest BCUT2D eigenvalue weighted by Gasteiger charge is 2.26. The van der Waals surface area contributed by atoms with Gasteiger partial charge < -0.3 is 5.32 Å². The van der Waals surface area contributed by atoms with Crippen molar-refractivity contribution in [2.75, 3.05) is 5.32 Å². The van der Waals surface area contributed by atoms with Crippen LogP contribution in [0.1, 0.15) is 43.0 Å². The number of thioether (sulfide) groups is 1. The van der Waals surface area contributed by atoms with Crippen molar-refractivity contribution in [3.63, 3.8) is 0 Å². The maximum Gasteiger partial charge on any atom is 0.238 e. The number of halogens is 4. The molecule has 0 bridgehead atoms. The molecule has 29 heavy (non-hydrogen) atoms. The lowest BCUT2D eigenvalue weighted by Gasteiger charge is -2.19. The molecule has 1 aliphatic rings.